The fourth-order valence-electron chi connectivity index (χ4n) is 3.49. The van der Waals surface area contributed by atoms with Crippen molar-refractivity contribution in [3.05, 3.63) is 96.2 Å². The maximum atomic E-state index is 12.4. The Hall–Kier alpha value is -3.44. The zero-order chi connectivity index (χ0) is 20.6. The van der Waals surface area contributed by atoms with Crippen LogP contribution in [-0.4, -0.2) is 48.5 Å². The minimum atomic E-state index is -0.143. The Morgan fingerprint density at radius 3 is 2.27 bits per heavy atom. The number of amides is 1. The van der Waals surface area contributed by atoms with Gasteiger partial charge < -0.3 is 10.2 Å². The Balaban J connectivity index is 1.26. The summed E-state index contributed by atoms with van der Waals surface area (Å²) in [7, 11) is 0. The molecule has 2 aromatic carbocycles. The lowest BCUT2D eigenvalue weighted by Gasteiger charge is -2.34. The molecule has 152 valence electrons. The average molecular weight is 399 g/mol. The van der Waals surface area contributed by atoms with E-state index in [-0.39, 0.29) is 5.91 Å². The summed E-state index contributed by atoms with van der Waals surface area (Å²) in [6.45, 7) is 4.81. The van der Waals surface area contributed by atoms with Crippen LogP contribution in [0, 0.1) is 0 Å². The molecule has 1 aliphatic heterocycles. The molecule has 5 nitrogen and oxygen atoms in total. The normalized spacial score (nSPS) is 14.7. The Morgan fingerprint density at radius 1 is 0.900 bits per heavy atom. The fraction of sp³-hybridized carbons (Fsp3) is 0.200. The zero-order valence-electron chi connectivity index (χ0n) is 16.9. The fourth-order valence-corrected chi connectivity index (χ4v) is 3.49. The molecule has 1 saturated heterocycles. The summed E-state index contributed by atoms with van der Waals surface area (Å²) >= 11 is 0. The van der Waals surface area contributed by atoms with E-state index in [1.54, 1.807) is 6.20 Å². The number of nitrogens with one attached hydrogen (secondary N) is 1. The summed E-state index contributed by atoms with van der Waals surface area (Å²) in [4.78, 5) is 21.6. The first-order chi connectivity index (χ1) is 14.8. The second-order valence-corrected chi connectivity index (χ2v) is 7.33. The number of carbonyl (C=O) groups is 1. The quantitative estimate of drug-likeness (QED) is 0.677. The van der Waals surface area contributed by atoms with E-state index in [9.17, 15) is 4.79 Å². The van der Waals surface area contributed by atoms with Gasteiger partial charge in [-0.15, -0.1) is 0 Å². The number of carbonyl (C=O) groups excluding carboxylic acids is 1. The average Bonchev–Trinajstić information content (AvgIpc) is 2.81. The Morgan fingerprint density at radius 2 is 1.60 bits per heavy atom. The number of nitrogens with zero attached hydrogens (tertiary/aromatic N) is 3. The van der Waals surface area contributed by atoms with E-state index in [4.69, 9.17) is 0 Å². The molecule has 0 radical (unpaired) electrons. The maximum absolute atomic E-state index is 12.4. The molecule has 5 heteroatoms. The molecule has 0 unspecified atom stereocenters. The molecular weight excluding hydrogens is 372 g/mol. The molecule has 4 rings (SSSR count). The van der Waals surface area contributed by atoms with Gasteiger partial charge in [0, 0.05) is 44.6 Å². The number of para-hydroxylation sites is 1. The Bertz CT molecular complexity index is 963. The van der Waals surface area contributed by atoms with Crippen LogP contribution in [0.1, 0.15) is 15.9 Å². The third-order valence-corrected chi connectivity index (χ3v) is 5.21. The van der Waals surface area contributed by atoms with Gasteiger partial charge in [-0.2, -0.15) is 0 Å². The first-order valence-corrected chi connectivity index (χ1v) is 10.3. The van der Waals surface area contributed by atoms with Gasteiger partial charge in [0.25, 0.3) is 5.91 Å². The highest BCUT2D eigenvalue weighted by Crippen LogP contribution is 2.15. The third-order valence-electron chi connectivity index (χ3n) is 5.21. The first kappa shape index (κ1) is 19.9. The van der Waals surface area contributed by atoms with Gasteiger partial charge in [0.15, 0.2) is 0 Å². The van der Waals surface area contributed by atoms with Gasteiger partial charge in [-0.1, -0.05) is 60.7 Å². The summed E-state index contributed by atoms with van der Waals surface area (Å²) in [5.41, 5.74) is 2.58. The maximum Gasteiger partial charge on any atom is 0.257 e. The molecular formula is C25H26N4O. The van der Waals surface area contributed by atoms with E-state index in [1.807, 2.05) is 48.5 Å². The van der Waals surface area contributed by atoms with Crippen LogP contribution >= 0.6 is 0 Å². The van der Waals surface area contributed by atoms with Crippen molar-refractivity contribution in [1.29, 1.82) is 0 Å². The molecule has 0 spiro atoms. The van der Waals surface area contributed by atoms with Crippen LogP contribution in [0.2, 0.25) is 0 Å². The lowest BCUT2D eigenvalue weighted by molar-refractivity contribution is 0.102. The number of hydrogen-bond donors (Lipinski definition) is 1. The Kier molecular flexibility index (Phi) is 6.52. The molecule has 30 heavy (non-hydrogen) atoms. The largest absolute Gasteiger partial charge is 0.354 e. The van der Waals surface area contributed by atoms with Crippen LogP contribution in [0.25, 0.3) is 6.08 Å². The molecule has 1 amide bonds. The monoisotopic (exact) mass is 398 g/mol. The molecule has 2 heterocycles. The number of anilines is 2. The van der Waals surface area contributed by atoms with Crippen LogP contribution in [0.4, 0.5) is 11.5 Å². The zero-order valence-corrected chi connectivity index (χ0v) is 16.9. The van der Waals surface area contributed by atoms with Gasteiger partial charge in [0.2, 0.25) is 0 Å². The van der Waals surface area contributed by atoms with Gasteiger partial charge >= 0.3 is 0 Å². The smallest absolute Gasteiger partial charge is 0.257 e. The summed E-state index contributed by atoms with van der Waals surface area (Å²) in [6.07, 6.45) is 6.05. The number of piperazine rings is 1. The third kappa shape index (κ3) is 5.33. The molecule has 1 fully saturated rings. The SMILES string of the molecule is O=C(Nc1ccccc1)c1ccc(N2CCN(C/C=C/c3ccccc3)CC2)nc1. The van der Waals surface area contributed by atoms with E-state index in [2.05, 4.69) is 56.5 Å². The van der Waals surface area contributed by atoms with Crippen LogP contribution in [0.3, 0.4) is 0 Å². The topological polar surface area (TPSA) is 48.5 Å². The molecule has 0 aliphatic carbocycles. The molecule has 0 bridgehead atoms. The van der Waals surface area contributed by atoms with E-state index in [1.165, 1.54) is 5.56 Å². The molecule has 0 saturated carbocycles. The summed E-state index contributed by atoms with van der Waals surface area (Å²) < 4.78 is 0. The minimum Gasteiger partial charge on any atom is -0.354 e. The predicted octanol–water partition coefficient (Wildman–Crippen LogP) is 4.17. The van der Waals surface area contributed by atoms with Gasteiger partial charge in [-0.25, -0.2) is 4.98 Å². The van der Waals surface area contributed by atoms with Crippen molar-refractivity contribution in [3.63, 3.8) is 0 Å². The van der Waals surface area contributed by atoms with Crippen molar-refractivity contribution in [2.45, 2.75) is 0 Å². The Labute approximate surface area is 177 Å². The number of rotatable bonds is 6. The van der Waals surface area contributed by atoms with Crippen LogP contribution in [-0.2, 0) is 0 Å². The second-order valence-electron chi connectivity index (χ2n) is 7.33. The van der Waals surface area contributed by atoms with Gasteiger partial charge in [-0.05, 0) is 29.8 Å². The highest BCUT2D eigenvalue weighted by molar-refractivity contribution is 6.04. The van der Waals surface area contributed by atoms with Crippen molar-refractivity contribution < 1.29 is 4.79 Å². The van der Waals surface area contributed by atoms with Crippen molar-refractivity contribution in [2.24, 2.45) is 0 Å². The van der Waals surface area contributed by atoms with E-state index in [0.29, 0.717) is 5.56 Å². The number of benzene rings is 2. The minimum absolute atomic E-state index is 0.143. The van der Waals surface area contributed by atoms with Gasteiger partial charge in [0.1, 0.15) is 5.82 Å². The molecule has 0 atom stereocenters. The molecule has 1 N–H and O–H groups in total. The summed E-state index contributed by atoms with van der Waals surface area (Å²) in [5, 5.41) is 2.89. The summed E-state index contributed by atoms with van der Waals surface area (Å²) in [6, 6.07) is 23.6. The molecule has 1 aromatic heterocycles. The highest BCUT2D eigenvalue weighted by Gasteiger charge is 2.17. The van der Waals surface area contributed by atoms with Gasteiger partial charge in [-0.3, -0.25) is 9.69 Å². The molecule has 1 aliphatic rings. The van der Waals surface area contributed by atoms with Gasteiger partial charge in [0.05, 0.1) is 5.56 Å². The lowest BCUT2D eigenvalue weighted by atomic mass is 10.2. The summed E-state index contributed by atoms with van der Waals surface area (Å²) in [5.74, 6) is 0.779. The van der Waals surface area contributed by atoms with E-state index < -0.39 is 0 Å². The predicted molar refractivity (Wildman–Crippen MR) is 123 cm³/mol. The van der Waals surface area contributed by atoms with Crippen molar-refractivity contribution >= 4 is 23.5 Å². The highest BCUT2D eigenvalue weighted by atomic mass is 16.1. The van der Waals surface area contributed by atoms with Crippen LogP contribution in [0.15, 0.2) is 85.1 Å². The lowest BCUT2D eigenvalue weighted by Crippen LogP contribution is -2.46. The first-order valence-electron chi connectivity index (χ1n) is 10.3. The van der Waals surface area contributed by atoms with E-state index >= 15 is 0 Å². The second kappa shape index (κ2) is 9.85. The molecule has 3 aromatic rings. The number of pyridine rings is 1. The number of hydrogen-bond acceptors (Lipinski definition) is 4. The van der Waals surface area contributed by atoms with Crippen molar-refractivity contribution in [2.75, 3.05) is 42.9 Å². The van der Waals surface area contributed by atoms with Crippen LogP contribution in [0.5, 0.6) is 0 Å². The number of aromatic nitrogens is 1. The van der Waals surface area contributed by atoms with Crippen molar-refractivity contribution in [3.8, 4) is 0 Å². The van der Waals surface area contributed by atoms with Crippen LogP contribution < -0.4 is 10.2 Å². The van der Waals surface area contributed by atoms with Crippen molar-refractivity contribution in [1.82, 2.24) is 9.88 Å². The standard InChI is InChI=1S/C25H26N4O/c30-25(27-23-11-5-2-6-12-23)22-13-14-24(26-20-22)29-18-16-28(17-19-29)15-7-10-21-8-3-1-4-9-21/h1-14,20H,15-19H2,(H,27,30)/b10-7+. The van der Waals surface area contributed by atoms with E-state index in [0.717, 1.165) is 44.2 Å².